The number of nitrogens with zero attached hydrogens (tertiary/aromatic N) is 1. The maximum Gasteiger partial charge on any atom is 0.416 e. The first-order chi connectivity index (χ1) is 11.3. The van der Waals surface area contributed by atoms with Crippen LogP contribution in [0.15, 0.2) is 18.2 Å². The van der Waals surface area contributed by atoms with Crippen molar-refractivity contribution in [3.8, 4) is 0 Å². The molecule has 4 nitrogen and oxygen atoms in total. The predicted octanol–water partition coefficient (Wildman–Crippen LogP) is 3.18. The number of hydrogen-bond acceptors (Lipinski definition) is 2. The van der Waals surface area contributed by atoms with Gasteiger partial charge in [0.25, 0.3) is 0 Å². The molecular formula is C16H16F4N2O2. The lowest BCUT2D eigenvalue weighted by Crippen LogP contribution is -2.44. The van der Waals surface area contributed by atoms with E-state index in [2.05, 4.69) is 5.32 Å². The maximum atomic E-state index is 13.7. The molecule has 0 spiro atoms. The van der Waals surface area contributed by atoms with E-state index in [0.29, 0.717) is 37.6 Å². The molecule has 8 heteroatoms. The van der Waals surface area contributed by atoms with Crippen molar-refractivity contribution in [3.63, 3.8) is 0 Å². The zero-order chi connectivity index (χ0) is 17.5. The third-order valence-electron chi connectivity index (χ3n) is 4.32. The molecule has 1 saturated heterocycles. The van der Waals surface area contributed by atoms with E-state index >= 15 is 0 Å². The molecule has 0 unspecified atom stereocenters. The van der Waals surface area contributed by atoms with Gasteiger partial charge in [0, 0.05) is 12.5 Å². The largest absolute Gasteiger partial charge is 0.416 e. The van der Waals surface area contributed by atoms with Crippen molar-refractivity contribution in [2.75, 3.05) is 11.9 Å². The number of hydrogen-bond donors (Lipinski definition) is 1. The van der Waals surface area contributed by atoms with Crippen LogP contribution < -0.4 is 5.32 Å². The summed E-state index contributed by atoms with van der Waals surface area (Å²) in [5.74, 6) is -1.75. The Bertz CT molecular complexity index is 671. The second-order valence-electron chi connectivity index (χ2n) is 6.15. The van der Waals surface area contributed by atoms with Gasteiger partial charge in [-0.2, -0.15) is 13.2 Å². The summed E-state index contributed by atoms with van der Waals surface area (Å²) in [6, 6.07) is 1.09. The van der Waals surface area contributed by atoms with Crippen molar-refractivity contribution in [2.24, 2.45) is 5.92 Å². The molecule has 24 heavy (non-hydrogen) atoms. The molecule has 1 aromatic carbocycles. The van der Waals surface area contributed by atoms with Gasteiger partial charge in [-0.3, -0.25) is 9.59 Å². The minimum absolute atomic E-state index is 0.0521. The number of halogens is 4. The predicted molar refractivity (Wildman–Crippen MR) is 77.5 cm³/mol. The molecule has 130 valence electrons. The Morgan fingerprint density at radius 3 is 2.50 bits per heavy atom. The van der Waals surface area contributed by atoms with Gasteiger partial charge >= 0.3 is 6.18 Å². The van der Waals surface area contributed by atoms with Crippen molar-refractivity contribution in [2.45, 2.75) is 37.9 Å². The zero-order valence-electron chi connectivity index (χ0n) is 12.7. The highest BCUT2D eigenvalue weighted by Gasteiger charge is 2.41. The Morgan fingerprint density at radius 1 is 1.17 bits per heavy atom. The van der Waals surface area contributed by atoms with E-state index in [0.717, 1.165) is 12.8 Å². The summed E-state index contributed by atoms with van der Waals surface area (Å²) in [6.07, 6.45) is -1.97. The van der Waals surface area contributed by atoms with Gasteiger partial charge in [0.15, 0.2) is 0 Å². The van der Waals surface area contributed by atoms with Gasteiger partial charge in [-0.25, -0.2) is 4.39 Å². The molecule has 3 rings (SSSR count). The van der Waals surface area contributed by atoms with Gasteiger partial charge in [0.2, 0.25) is 11.8 Å². The van der Waals surface area contributed by atoms with Crippen molar-refractivity contribution in [1.82, 2.24) is 4.90 Å². The molecule has 2 amide bonds. The van der Waals surface area contributed by atoms with Crippen molar-refractivity contribution < 1.29 is 27.2 Å². The number of carbonyl (C=O) groups excluding carboxylic acids is 2. The molecule has 1 aliphatic carbocycles. The lowest BCUT2D eigenvalue weighted by molar-refractivity contribution is -0.137. The highest BCUT2D eigenvalue weighted by Crippen LogP contribution is 2.35. The lowest BCUT2D eigenvalue weighted by Gasteiger charge is -2.24. The Morgan fingerprint density at radius 2 is 1.88 bits per heavy atom. The second-order valence-corrected chi connectivity index (χ2v) is 6.15. The molecule has 0 bridgehead atoms. The van der Waals surface area contributed by atoms with Crippen LogP contribution in [0.1, 0.15) is 31.2 Å². The normalized spacial score (nSPS) is 21.0. The fraction of sp³-hybridized carbons (Fsp3) is 0.500. The van der Waals surface area contributed by atoms with E-state index in [1.54, 1.807) is 0 Å². The summed E-state index contributed by atoms with van der Waals surface area (Å²) in [5, 5.41) is 2.20. The van der Waals surface area contributed by atoms with E-state index in [1.165, 1.54) is 4.90 Å². The second kappa shape index (κ2) is 6.07. The highest BCUT2D eigenvalue weighted by molar-refractivity contribution is 5.98. The standard InChI is InChI=1S/C16H16F4N2O2/c17-11-6-5-10(16(18,19)20)8-12(11)21-14(23)13-2-1-7-22(13)15(24)9-3-4-9/h5-6,8-9,13H,1-4,7H2,(H,21,23)/t13-/m0/s1. The van der Waals surface area contributed by atoms with Gasteiger partial charge in [-0.1, -0.05) is 0 Å². The Labute approximate surface area is 135 Å². The van der Waals surface area contributed by atoms with Gasteiger partial charge in [-0.05, 0) is 43.9 Å². The summed E-state index contributed by atoms with van der Waals surface area (Å²) >= 11 is 0. The molecule has 1 aliphatic heterocycles. The first-order valence-corrected chi connectivity index (χ1v) is 7.75. The number of amides is 2. The van der Waals surface area contributed by atoms with E-state index in [9.17, 15) is 27.2 Å². The van der Waals surface area contributed by atoms with Gasteiger partial charge < -0.3 is 10.2 Å². The molecule has 1 heterocycles. The number of rotatable bonds is 3. The van der Waals surface area contributed by atoms with Crippen LogP contribution in [0.5, 0.6) is 0 Å². The zero-order valence-corrected chi connectivity index (χ0v) is 12.7. The summed E-state index contributed by atoms with van der Waals surface area (Å²) < 4.78 is 51.9. The molecule has 1 saturated carbocycles. The molecule has 1 aromatic rings. The first kappa shape index (κ1) is 16.7. The van der Waals surface area contributed by atoms with Crippen LogP contribution >= 0.6 is 0 Å². The summed E-state index contributed by atoms with van der Waals surface area (Å²) in [5.41, 5.74) is -1.57. The van der Waals surface area contributed by atoms with Crippen molar-refractivity contribution in [3.05, 3.63) is 29.6 Å². The van der Waals surface area contributed by atoms with Crippen LogP contribution in [0.4, 0.5) is 23.2 Å². The summed E-state index contributed by atoms with van der Waals surface area (Å²) in [7, 11) is 0. The van der Waals surface area contributed by atoms with Crippen molar-refractivity contribution >= 4 is 17.5 Å². The molecule has 1 atom stereocenters. The highest BCUT2D eigenvalue weighted by atomic mass is 19.4. The average Bonchev–Trinajstić information content (AvgIpc) is 3.24. The number of alkyl halides is 3. The van der Waals surface area contributed by atoms with E-state index < -0.39 is 35.2 Å². The SMILES string of the molecule is O=C(Nc1cc(C(F)(F)F)ccc1F)[C@@H]1CCCN1C(=O)C1CC1. The minimum atomic E-state index is -4.63. The minimum Gasteiger partial charge on any atom is -0.330 e. The third kappa shape index (κ3) is 3.37. The number of nitrogens with one attached hydrogen (secondary N) is 1. The Balaban J connectivity index is 1.75. The van der Waals surface area contributed by atoms with Crippen LogP contribution in [0, 0.1) is 11.7 Å². The van der Waals surface area contributed by atoms with Crippen LogP contribution in [0.3, 0.4) is 0 Å². The smallest absolute Gasteiger partial charge is 0.330 e. The molecule has 0 aromatic heterocycles. The fourth-order valence-electron chi connectivity index (χ4n) is 2.88. The van der Waals surface area contributed by atoms with Gasteiger partial charge in [0.1, 0.15) is 11.9 Å². The van der Waals surface area contributed by atoms with E-state index in [1.807, 2.05) is 0 Å². The quantitative estimate of drug-likeness (QED) is 0.856. The molecule has 2 fully saturated rings. The van der Waals surface area contributed by atoms with Crippen LogP contribution in [0.2, 0.25) is 0 Å². The molecular weight excluding hydrogens is 328 g/mol. The first-order valence-electron chi connectivity index (χ1n) is 7.75. The number of anilines is 1. The fourth-order valence-corrected chi connectivity index (χ4v) is 2.88. The number of likely N-dealkylation sites (tertiary alicyclic amines) is 1. The number of benzene rings is 1. The van der Waals surface area contributed by atoms with Crippen LogP contribution in [-0.4, -0.2) is 29.3 Å². The topological polar surface area (TPSA) is 49.4 Å². The average molecular weight is 344 g/mol. The van der Waals surface area contributed by atoms with Gasteiger partial charge in [0.05, 0.1) is 11.3 Å². The van der Waals surface area contributed by atoms with Crippen LogP contribution in [0.25, 0.3) is 0 Å². The van der Waals surface area contributed by atoms with Crippen LogP contribution in [-0.2, 0) is 15.8 Å². The third-order valence-corrected chi connectivity index (χ3v) is 4.32. The molecule has 1 N–H and O–H groups in total. The number of carbonyl (C=O) groups is 2. The lowest BCUT2D eigenvalue weighted by atomic mass is 10.1. The molecule has 2 aliphatic rings. The van der Waals surface area contributed by atoms with Gasteiger partial charge in [-0.15, -0.1) is 0 Å². The molecule has 0 radical (unpaired) electrons. The Kier molecular flexibility index (Phi) is 4.23. The van der Waals surface area contributed by atoms with E-state index in [4.69, 9.17) is 0 Å². The van der Waals surface area contributed by atoms with E-state index in [-0.39, 0.29) is 11.8 Å². The van der Waals surface area contributed by atoms with Crippen molar-refractivity contribution in [1.29, 1.82) is 0 Å². The monoisotopic (exact) mass is 344 g/mol. The summed E-state index contributed by atoms with van der Waals surface area (Å²) in [6.45, 7) is 0.443. The maximum absolute atomic E-state index is 13.7. The Hall–Kier alpha value is -2.12. The summed E-state index contributed by atoms with van der Waals surface area (Å²) in [4.78, 5) is 25.9.